The molecule has 2 rings (SSSR count). The molecule has 0 aliphatic rings. The van der Waals surface area contributed by atoms with Gasteiger partial charge in [0.05, 0.1) is 5.56 Å². The van der Waals surface area contributed by atoms with E-state index in [9.17, 15) is 17.6 Å². The smallest absolute Gasteiger partial charge is 0.381 e. The molecule has 112 valence electrons. The van der Waals surface area contributed by atoms with Gasteiger partial charge in [-0.15, -0.1) is 0 Å². The standard InChI is InChI=1S/C15H12BrF4N/c1-9-6-11(16)3-5-14(9)21-8-10-2-4-13(17)12(7-10)15(18,19)20/h2-7,21H,8H2,1H3. The van der Waals surface area contributed by atoms with E-state index in [1.54, 1.807) is 0 Å². The highest BCUT2D eigenvalue weighted by atomic mass is 79.9. The maximum atomic E-state index is 13.2. The second-order valence-corrected chi connectivity index (χ2v) is 5.54. The van der Waals surface area contributed by atoms with Gasteiger partial charge in [0.1, 0.15) is 5.82 Å². The highest BCUT2D eigenvalue weighted by molar-refractivity contribution is 9.10. The van der Waals surface area contributed by atoms with Gasteiger partial charge in [0, 0.05) is 16.7 Å². The van der Waals surface area contributed by atoms with Gasteiger partial charge in [-0.05, 0) is 48.4 Å². The summed E-state index contributed by atoms with van der Waals surface area (Å²) in [7, 11) is 0. The monoisotopic (exact) mass is 361 g/mol. The van der Waals surface area contributed by atoms with E-state index in [1.165, 1.54) is 6.07 Å². The zero-order valence-corrected chi connectivity index (χ0v) is 12.6. The minimum absolute atomic E-state index is 0.186. The number of hydrogen-bond acceptors (Lipinski definition) is 1. The van der Waals surface area contributed by atoms with Crippen LogP contribution in [0.5, 0.6) is 0 Å². The molecular formula is C15H12BrF4N. The van der Waals surface area contributed by atoms with Crippen LogP contribution in [-0.4, -0.2) is 0 Å². The summed E-state index contributed by atoms with van der Waals surface area (Å²) in [5, 5.41) is 3.04. The molecule has 0 saturated carbocycles. The molecule has 1 N–H and O–H groups in total. The minimum Gasteiger partial charge on any atom is -0.381 e. The third-order valence-corrected chi connectivity index (χ3v) is 3.50. The lowest BCUT2D eigenvalue weighted by Gasteiger charge is -2.12. The number of nitrogens with one attached hydrogen (secondary N) is 1. The zero-order chi connectivity index (χ0) is 15.6. The van der Waals surface area contributed by atoms with Crippen LogP contribution in [0.3, 0.4) is 0 Å². The van der Waals surface area contributed by atoms with E-state index in [1.807, 2.05) is 25.1 Å². The fourth-order valence-electron chi connectivity index (χ4n) is 1.92. The van der Waals surface area contributed by atoms with Crippen molar-refractivity contribution < 1.29 is 17.6 Å². The maximum absolute atomic E-state index is 13.2. The van der Waals surface area contributed by atoms with E-state index in [0.29, 0.717) is 5.56 Å². The van der Waals surface area contributed by atoms with Crippen molar-refractivity contribution in [3.8, 4) is 0 Å². The molecule has 0 heterocycles. The van der Waals surface area contributed by atoms with Gasteiger partial charge in [0.25, 0.3) is 0 Å². The molecule has 0 saturated heterocycles. The van der Waals surface area contributed by atoms with Crippen LogP contribution in [0.2, 0.25) is 0 Å². The van der Waals surface area contributed by atoms with Crippen molar-refractivity contribution in [1.82, 2.24) is 0 Å². The summed E-state index contributed by atoms with van der Waals surface area (Å²) >= 11 is 3.34. The quantitative estimate of drug-likeness (QED) is 0.709. The number of aryl methyl sites for hydroxylation is 1. The Morgan fingerprint density at radius 1 is 1.10 bits per heavy atom. The van der Waals surface area contributed by atoms with Crippen LogP contribution < -0.4 is 5.32 Å². The summed E-state index contributed by atoms with van der Waals surface area (Å²) < 4.78 is 52.0. The second-order valence-electron chi connectivity index (χ2n) is 4.62. The molecule has 0 unspecified atom stereocenters. The van der Waals surface area contributed by atoms with Crippen molar-refractivity contribution >= 4 is 21.6 Å². The lowest BCUT2D eigenvalue weighted by Crippen LogP contribution is -2.10. The van der Waals surface area contributed by atoms with Crippen LogP contribution in [0.1, 0.15) is 16.7 Å². The van der Waals surface area contributed by atoms with Crippen molar-refractivity contribution in [2.45, 2.75) is 19.6 Å². The highest BCUT2D eigenvalue weighted by Crippen LogP contribution is 2.32. The average molecular weight is 362 g/mol. The molecule has 2 aromatic rings. The average Bonchev–Trinajstić information content (AvgIpc) is 2.38. The third-order valence-electron chi connectivity index (χ3n) is 3.01. The lowest BCUT2D eigenvalue weighted by atomic mass is 10.1. The Kier molecular flexibility index (Phi) is 4.56. The van der Waals surface area contributed by atoms with Crippen molar-refractivity contribution in [2.75, 3.05) is 5.32 Å². The molecule has 0 radical (unpaired) electrons. The molecule has 0 atom stereocenters. The van der Waals surface area contributed by atoms with Crippen molar-refractivity contribution in [3.05, 3.63) is 63.4 Å². The molecule has 0 aliphatic carbocycles. The van der Waals surface area contributed by atoms with Gasteiger partial charge in [0.2, 0.25) is 0 Å². The zero-order valence-electron chi connectivity index (χ0n) is 11.1. The van der Waals surface area contributed by atoms with E-state index < -0.39 is 17.6 Å². The predicted molar refractivity (Wildman–Crippen MR) is 77.6 cm³/mol. The SMILES string of the molecule is Cc1cc(Br)ccc1NCc1ccc(F)c(C(F)(F)F)c1. The van der Waals surface area contributed by atoms with Crippen LogP contribution in [-0.2, 0) is 12.7 Å². The number of alkyl halides is 3. The molecule has 0 spiro atoms. The number of benzene rings is 2. The normalized spacial score (nSPS) is 11.5. The van der Waals surface area contributed by atoms with Crippen LogP contribution >= 0.6 is 15.9 Å². The molecule has 2 aromatic carbocycles. The van der Waals surface area contributed by atoms with Crippen molar-refractivity contribution in [2.24, 2.45) is 0 Å². The van der Waals surface area contributed by atoms with E-state index in [-0.39, 0.29) is 6.54 Å². The Balaban J connectivity index is 2.17. The van der Waals surface area contributed by atoms with Gasteiger partial charge in [-0.3, -0.25) is 0 Å². The van der Waals surface area contributed by atoms with E-state index in [0.717, 1.165) is 27.9 Å². The van der Waals surface area contributed by atoms with Crippen LogP contribution in [0, 0.1) is 12.7 Å². The van der Waals surface area contributed by atoms with Crippen molar-refractivity contribution in [3.63, 3.8) is 0 Å². The Labute approximate surface area is 128 Å². The summed E-state index contributed by atoms with van der Waals surface area (Å²) in [5.74, 6) is -1.26. The maximum Gasteiger partial charge on any atom is 0.419 e. The van der Waals surface area contributed by atoms with Gasteiger partial charge in [-0.1, -0.05) is 22.0 Å². The lowest BCUT2D eigenvalue weighted by molar-refractivity contribution is -0.140. The summed E-state index contributed by atoms with van der Waals surface area (Å²) in [4.78, 5) is 0. The van der Waals surface area contributed by atoms with Crippen LogP contribution in [0.25, 0.3) is 0 Å². The first-order chi connectivity index (χ1) is 9.77. The number of hydrogen-bond donors (Lipinski definition) is 1. The Morgan fingerprint density at radius 3 is 2.43 bits per heavy atom. The molecule has 1 nitrogen and oxygen atoms in total. The number of halogens is 5. The molecule has 0 amide bonds. The summed E-state index contributed by atoms with van der Waals surface area (Å²) in [6.07, 6.45) is -4.69. The van der Waals surface area contributed by atoms with E-state index >= 15 is 0 Å². The van der Waals surface area contributed by atoms with Gasteiger partial charge in [0.15, 0.2) is 0 Å². The van der Waals surface area contributed by atoms with E-state index in [4.69, 9.17) is 0 Å². The first-order valence-electron chi connectivity index (χ1n) is 6.13. The van der Waals surface area contributed by atoms with Crippen LogP contribution in [0.15, 0.2) is 40.9 Å². The van der Waals surface area contributed by atoms with Gasteiger partial charge in [-0.25, -0.2) is 4.39 Å². The van der Waals surface area contributed by atoms with Crippen molar-refractivity contribution in [1.29, 1.82) is 0 Å². The first-order valence-corrected chi connectivity index (χ1v) is 6.92. The summed E-state index contributed by atoms with van der Waals surface area (Å²) in [6.45, 7) is 2.07. The van der Waals surface area contributed by atoms with Gasteiger partial charge in [-0.2, -0.15) is 13.2 Å². The molecule has 0 aromatic heterocycles. The number of rotatable bonds is 3. The fraction of sp³-hybridized carbons (Fsp3) is 0.200. The molecule has 0 bridgehead atoms. The molecule has 6 heteroatoms. The van der Waals surface area contributed by atoms with Crippen LogP contribution in [0.4, 0.5) is 23.2 Å². The Morgan fingerprint density at radius 2 is 1.81 bits per heavy atom. The summed E-state index contributed by atoms with van der Waals surface area (Å²) in [6, 6.07) is 8.57. The predicted octanol–water partition coefficient (Wildman–Crippen LogP) is 5.53. The summed E-state index contributed by atoms with van der Waals surface area (Å²) in [5.41, 5.74) is 0.902. The highest BCUT2D eigenvalue weighted by Gasteiger charge is 2.34. The molecule has 0 fully saturated rings. The third kappa shape index (κ3) is 3.97. The fourth-order valence-corrected chi connectivity index (χ4v) is 2.40. The Bertz CT molecular complexity index is 653. The number of anilines is 1. The van der Waals surface area contributed by atoms with Gasteiger partial charge >= 0.3 is 6.18 Å². The molecule has 21 heavy (non-hydrogen) atoms. The second kappa shape index (κ2) is 6.05. The molecule has 0 aliphatic heterocycles. The van der Waals surface area contributed by atoms with Gasteiger partial charge < -0.3 is 5.32 Å². The Hall–Kier alpha value is -1.56. The topological polar surface area (TPSA) is 12.0 Å². The van der Waals surface area contributed by atoms with E-state index in [2.05, 4.69) is 21.2 Å². The minimum atomic E-state index is -4.69. The first kappa shape index (κ1) is 15.8. The molecular weight excluding hydrogens is 350 g/mol. The largest absolute Gasteiger partial charge is 0.419 e.